The summed E-state index contributed by atoms with van der Waals surface area (Å²) in [5.74, 6) is 0.647. The average Bonchev–Trinajstić information content (AvgIpc) is 2.82. The third kappa shape index (κ3) is 3.33. The molecule has 0 bridgehead atoms. The van der Waals surface area contributed by atoms with Crippen molar-refractivity contribution in [3.8, 4) is 21.9 Å². The topological polar surface area (TPSA) is 61.8 Å². The van der Waals surface area contributed by atoms with Crippen LogP contribution in [0.25, 0.3) is 10.4 Å². The van der Waals surface area contributed by atoms with Gasteiger partial charge in [0.25, 0.3) is 0 Å². The number of carbonyl (C=O) groups excluding carboxylic acids is 1. The van der Waals surface area contributed by atoms with E-state index < -0.39 is 0 Å². The lowest BCUT2D eigenvalue weighted by Gasteiger charge is -2.19. The van der Waals surface area contributed by atoms with Crippen LogP contribution < -0.4 is 10.1 Å². The van der Waals surface area contributed by atoms with Gasteiger partial charge in [0.1, 0.15) is 6.61 Å². The van der Waals surface area contributed by atoms with Crippen molar-refractivity contribution in [2.45, 2.75) is 13.5 Å². The van der Waals surface area contributed by atoms with E-state index in [2.05, 4.69) is 18.3 Å². The van der Waals surface area contributed by atoms with Crippen LogP contribution in [0.2, 0.25) is 0 Å². The minimum Gasteiger partial charge on any atom is -0.504 e. The van der Waals surface area contributed by atoms with Gasteiger partial charge in [-0.2, -0.15) is 0 Å². The molecule has 0 unspecified atom stereocenters. The van der Waals surface area contributed by atoms with Gasteiger partial charge >= 0.3 is 0 Å². The maximum Gasteiger partial charge on any atom is 0.236 e. The number of hydrogen-bond donors (Lipinski definition) is 2. The molecule has 0 radical (unpaired) electrons. The van der Waals surface area contributed by atoms with Gasteiger partial charge in [-0.3, -0.25) is 4.79 Å². The third-order valence-electron chi connectivity index (χ3n) is 3.82. The molecular weight excluding hydrogens is 312 g/mol. The molecule has 122 valence electrons. The van der Waals surface area contributed by atoms with Gasteiger partial charge in [-0.15, -0.1) is 11.3 Å². The number of amides is 1. The number of aryl methyl sites for hydroxylation is 1. The second kappa shape index (κ2) is 6.60. The van der Waals surface area contributed by atoms with E-state index in [0.717, 1.165) is 16.0 Å². The zero-order valence-corrected chi connectivity index (χ0v) is 14.1. The number of rotatable bonds is 3. The number of ether oxygens (including phenoxy) is 1. The molecule has 23 heavy (non-hydrogen) atoms. The van der Waals surface area contributed by atoms with Crippen LogP contribution in [0.4, 0.5) is 0 Å². The molecule has 6 heteroatoms. The van der Waals surface area contributed by atoms with Crippen molar-refractivity contribution in [3.63, 3.8) is 0 Å². The van der Waals surface area contributed by atoms with Gasteiger partial charge < -0.3 is 20.1 Å². The molecule has 2 N–H and O–H groups in total. The largest absolute Gasteiger partial charge is 0.504 e. The van der Waals surface area contributed by atoms with Crippen molar-refractivity contribution >= 4 is 17.2 Å². The highest BCUT2D eigenvalue weighted by Gasteiger charge is 2.22. The summed E-state index contributed by atoms with van der Waals surface area (Å²) < 4.78 is 5.67. The third-order valence-corrected chi connectivity index (χ3v) is 4.87. The number of fused-ring (bicyclic) bond motifs is 1. The molecule has 1 aromatic carbocycles. The van der Waals surface area contributed by atoms with Gasteiger partial charge in [0.05, 0.1) is 13.1 Å². The molecule has 1 aliphatic heterocycles. The van der Waals surface area contributed by atoms with E-state index in [1.165, 1.54) is 4.88 Å². The molecule has 0 spiro atoms. The summed E-state index contributed by atoms with van der Waals surface area (Å²) in [5.41, 5.74) is 1.79. The van der Waals surface area contributed by atoms with Gasteiger partial charge in [-0.25, -0.2) is 0 Å². The highest BCUT2D eigenvalue weighted by atomic mass is 32.1. The summed E-state index contributed by atoms with van der Waals surface area (Å²) in [7, 11) is 1.75. The van der Waals surface area contributed by atoms with E-state index >= 15 is 0 Å². The monoisotopic (exact) mass is 332 g/mol. The minimum atomic E-state index is 0.0285. The molecule has 1 aliphatic rings. The highest BCUT2D eigenvalue weighted by molar-refractivity contribution is 7.15. The van der Waals surface area contributed by atoms with Gasteiger partial charge in [-0.05, 0) is 43.8 Å². The van der Waals surface area contributed by atoms with Crippen LogP contribution in [0.1, 0.15) is 10.4 Å². The van der Waals surface area contributed by atoms with Crippen molar-refractivity contribution < 1.29 is 14.6 Å². The lowest BCUT2D eigenvalue weighted by Crippen LogP contribution is -2.37. The fourth-order valence-electron chi connectivity index (χ4n) is 2.71. The van der Waals surface area contributed by atoms with Crippen molar-refractivity contribution in [2.24, 2.45) is 0 Å². The maximum absolute atomic E-state index is 12.2. The number of thiophene rings is 1. The predicted octanol–water partition coefficient (Wildman–Crippen LogP) is 2.37. The Morgan fingerprint density at radius 1 is 1.43 bits per heavy atom. The summed E-state index contributed by atoms with van der Waals surface area (Å²) in [4.78, 5) is 16.2. The van der Waals surface area contributed by atoms with Crippen LogP contribution in [0.3, 0.4) is 0 Å². The molecule has 5 nitrogen and oxygen atoms in total. The predicted molar refractivity (Wildman–Crippen MR) is 91.0 cm³/mol. The zero-order valence-electron chi connectivity index (χ0n) is 13.3. The van der Waals surface area contributed by atoms with Crippen LogP contribution in [0, 0.1) is 6.92 Å². The number of aromatic hydroxyl groups is 1. The van der Waals surface area contributed by atoms with Crippen molar-refractivity contribution in [1.29, 1.82) is 0 Å². The summed E-state index contributed by atoms with van der Waals surface area (Å²) in [6, 6.07) is 7.84. The van der Waals surface area contributed by atoms with Crippen molar-refractivity contribution in [2.75, 3.05) is 26.7 Å². The Morgan fingerprint density at radius 3 is 2.96 bits per heavy atom. The van der Waals surface area contributed by atoms with Gasteiger partial charge in [0.2, 0.25) is 5.91 Å². The molecule has 0 atom stereocenters. The molecule has 0 saturated carbocycles. The first-order valence-corrected chi connectivity index (χ1v) is 8.38. The summed E-state index contributed by atoms with van der Waals surface area (Å²) in [6.45, 7) is 3.70. The number of nitrogens with zero attached hydrogens (tertiary/aromatic N) is 1. The van der Waals surface area contributed by atoms with E-state index in [-0.39, 0.29) is 11.7 Å². The molecule has 0 saturated heterocycles. The van der Waals surface area contributed by atoms with E-state index in [1.807, 2.05) is 12.1 Å². The van der Waals surface area contributed by atoms with E-state index in [4.69, 9.17) is 4.74 Å². The number of phenols is 1. The van der Waals surface area contributed by atoms with Crippen LogP contribution >= 0.6 is 11.3 Å². The number of carbonyl (C=O) groups is 1. The average molecular weight is 332 g/mol. The Bertz CT molecular complexity index is 727. The lowest BCUT2D eigenvalue weighted by atomic mass is 10.1. The summed E-state index contributed by atoms with van der Waals surface area (Å²) >= 11 is 1.68. The number of hydrogen-bond acceptors (Lipinski definition) is 5. The molecule has 2 aromatic rings. The van der Waals surface area contributed by atoms with E-state index in [1.54, 1.807) is 29.4 Å². The first-order chi connectivity index (χ1) is 11.1. The van der Waals surface area contributed by atoms with Crippen molar-refractivity contribution in [3.05, 3.63) is 34.7 Å². The zero-order chi connectivity index (χ0) is 16.4. The smallest absolute Gasteiger partial charge is 0.236 e. The van der Waals surface area contributed by atoms with Gasteiger partial charge in [0.15, 0.2) is 11.5 Å². The second-order valence-corrected chi connectivity index (χ2v) is 6.88. The molecular formula is C17H20N2O3S. The standard InChI is InChI=1S/C17H20N2O3S/c1-11-3-4-15(23-11)12-7-13-10-19(16(21)9-18-2)5-6-22-17(13)14(20)8-12/h3-4,7-8,18,20H,5-6,9-10H2,1-2H3. The molecule has 1 aromatic heterocycles. The number of nitrogens with one attached hydrogen (secondary N) is 1. The van der Waals surface area contributed by atoms with Gasteiger partial charge in [-0.1, -0.05) is 0 Å². The normalized spacial score (nSPS) is 14.1. The Morgan fingerprint density at radius 2 is 2.26 bits per heavy atom. The molecule has 0 aliphatic carbocycles. The van der Waals surface area contributed by atoms with Gasteiger partial charge in [0, 0.05) is 21.9 Å². The Labute approximate surface area is 139 Å². The maximum atomic E-state index is 12.2. The molecule has 2 heterocycles. The number of phenolic OH excluding ortho intramolecular Hbond substituents is 1. The summed E-state index contributed by atoms with van der Waals surface area (Å²) in [6.07, 6.45) is 0. The molecule has 1 amide bonds. The molecule has 3 rings (SSSR count). The number of benzene rings is 1. The summed E-state index contributed by atoms with van der Waals surface area (Å²) in [5, 5.41) is 13.2. The second-order valence-electron chi connectivity index (χ2n) is 5.59. The SMILES string of the molecule is CNCC(=O)N1CCOc2c(O)cc(-c3ccc(C)s3)cc2C1. The fraction of sp³-hybridized carbons (Fsp3) is 0.353. The number of likely N-dealkylation sites (N-methyl/N-ethyl adjacent to an activating group) is 1. The lowest BCUT2D eigenvalue weighted by molar-refractivity contribution is -0.130. The fourth-order valence-corrected chi connectivity index (χ4v) is 3.56. The van der Waals surface area contributed by atoms with Crippen LogP contribution in [0.15, 0.2) is 24.3 Å². The molecule has 0 fully saturated rings. The Kier molecular flexibility index (Phi) is 4.54. The van der Waals surface area contributed by atoms with Crippen molar-refractivity contribution in [1.82, 2.24) is 10.2 Å². The minimum absolute atomic E-state index is 0.0285. The Hall–Kier alpha value is -2.05. The first-order valence-electron chi connectivity index (χ1n) is 7.56. The highest BCUT2D eigenvalue weighted by Crippen LogP contribution is 2.39. The van der Waals surface area contributed by atoms with Crippen LogP contribution in [-0.4, -0.2) is 42.7 Å². The Balaban J connectivity index is 1.95. The van der Waals surface area contributed by atoms with E-state index in [9.17, 15) is 9.90 Å². The van der Waals surface area contributed by atoms with Crippen LogP contribution in [0.5, 0.6) is 11.5 Å². The quantitative estimate of drug-likeness (QED) is 0.906. The first kappa shape index (κ1) is 15.8. The van der Waals surface area contributed by atoms with E-state index in [0.29, 0.717) is 32.0 Å². The van der Waals surface area contributed by atoms with Crippen LogP contribution in [-0.2, 0) is 11.3 Å².